The molecule has 0 amide bonds. The van der Waals surface area contributed by atoms with Crippen LogP contribution in [-0.2, 0) is 13.1 Å². The molecule has 0 radical (unpaired) electrons. The van der Waals surface area contributed by atoms with Gasteiger partial charge in [0.1, 0.15) is 0 Å². The Hall–Kier alpha value is -1.11. The molecule has 0 spiro atoms. The zero-order chi connectivity index (χ0) is 16.3. The highest BCUT2D eigenvalue weighted by molar-refractivity contribution is 9.10. The zero-order valence-electron chi connectivity index (χ0n) is 12.7. The van der Waals surface area contributed by atoms with Gasteiger partial charge in [0.15, 0.2) is 5.11 Å². The van der Waals surface area contributed by atoms with Crippen LogP contribution in [0.15, 0.2) is 28.9 Å². The summed E-state index contributed by atoms with van der Waals surface area (Å²) in [5.41, 5.74) is 2.98. The summed E-state index contributed by atoms with van der Waals surface area (Å²) in [5, 5.41) is 8.87. The highest BCUT2D eigenvalue weighted by atomic mass is 79.9. The molecule has 2 aromatic rings. The lowest BCUT2D eigenvalue weighted by Gasteiger charge is -2.21. The third-order valence-electron chi connectivity index (χ3n) is 3.30. The van der Waals surface area contributed by atoms with E-state index in [4.69, 9.17) is 23.8 Å². The van der Waals surface area contributed by atoms with Crippen molar-refractivity contribution in [1.29, 1.82) is 0 Å². The largest absolute Gasteiger partial charge is 0.348 e. The monoisotopic (exact) mass is 400 g/mol. The van der Waals surface area contributed by atoms with E-state index in [0.717, 1.165) is 28.0 Å². The van der Waals surface area contributed by atoms with Crippen molar-refractivity contribution in [3.63, 3.8) is 0 Å². The van der Waals surface area contributed by atoms with Gasteiger partial charge in [0.05, 0.1) is 16.4 Å². The second-order valence-corrected chi connectivity index (χ2v) is 6.72. The van der Waals surface area contributed by atoms with E-state index in [1.54, 1.807) is 0 Å². The van der Waals surface area contributed by atoms with Gasteiger partial charge >= 0.3 is 0 Å². The van der Waals surface area contributed by atoms with E-state index in [1.165, 1.54) is 0 Å². The topological polar surface area (TPSA) is 33.1 Å². The maximum atomic E-state index is 6.20. The Kier molecular flexibility index (Phi) is 5.83. The maximum Gasteiger partial charge on any atom is 0.173 e. The Morgan fingerprint density at radius 1 is 1.50 bits per heavy atom. The lowest BCUT2D eigenvalue weighted by molar-refractivity contribution is 0.506. The molecule has 0 bridgehead atoms. The van der Waals surface area contributed by atoms with Gasteiger partial charge in [-0.05, 0) is 44.3 Å². The molecule has 1 aromatic heterocycles. The molecule has 1 N–H and O–H groups in total. The number of benzene rings is 1. The Morgan fingerprint density at radius 2 is 2.23 bits per heavy atom. The van der Waals surface area contributed by atoms with E-state index < -0.39 is 0 Å². The fraction of sp³-hybridized carbons (Fsp3) is 0.333. The zero-order valence-corrected chi connectivity index (χ0v) is 15.9. The quantitative estimate of drug-likeness (QED) is 0.767. The van der Waals surface area contributed by atoms with Crippen LogP contribution in [-0.4, -0.2) is 26.8 Å². The predicted octanol–water partition coefficient (Wildman–Crippen LogP) is 4.46. The lowest BCUT2D eigenvalue weighted by Crippen LogP contribution is -2.30. The number of nitrogens with zero attached hydrogens (tertiary/aromatic N) is 3. The van der Waals surface area contributed by atoms with Crippen LogP contribution in [0.5, 0.6) is 0 Å². The van der Waals surface area contributed by atoms with Crippen molar-refractivity contribution < 1.29 is 0 Å². The first kappa shape index (κ1) is 17.2. The minimum atomic E-state index is 0.618. The van der Waals surface area contributed by atoms with Gasteiger partial charge in [0.25, 0.3) is 0 Å². The van der Waals surface area contributed by atoms with E-state index in [0.29, 0.717) is 16.7 Å². The van der Waals surface area contributed by atoms with E-state index in [-0.39, 0.29) is 0 Å². The van der Waals surface area contributed by atoms with Crippen molar-refractivity contribution in [2.75, 3.05) is 12.4 Å². The van der Waals surface area contributed by atoms with Crippen LogP contribution in [0.3, 0.4) is 0 Å². The fourth-order valence-corrected chi connectivity index (χ4v) is 2.90. The molecule has 0 aliphatic rings. The summed E-state index contributed by atoms with van der Waals surface area (Å²) in [4.78, 5) is 1.97. The molecule has 0 fully saturated rings. The molecule has 22 heavy (non-hydrogen) atoms. The van der Waals surface area contributed by atoms with Crippen molar-refractivity contribution in [3.8, 4) is 0 Å². The van der Waals surface area contributed by atoms with E-state index in [1.807, 2.05) is 41.8 Å². The van der Waals surface area contributed by atoms with Gasteiger partial charge in [-0.1, -0.05) is 27.5 Å². The molecule has 0 aliphatic heterocycles. The average molecular weight is 402 g/mol. The van der Waals surface area contributed by atoms with Crippen molar-refractivity contribution in [2.24, 2.45) is 0 Å². The van der Waals surface area contributed by atoms with Gasteiger partial charge in [0.2, 0.25) is 0 Å². The highest BCUT2D eigenvalue weighted by Crippen LogP contribution is 2.26. The Morgan fingerprint density at radius 3 is 2.82 bits per heavy atom. The Balaban J connectivity index is 2.04. The van der Waals surface area contributed by atoms with Crippen LogP contribution in [0.2, 0.25) is 5.02 Å². The van der Waals surface area contributed by atoms with Crippen LogP contribution in [0.25, 0.3) is 0 Å². The molecule has 4 nitrogen and oxygen atoms in total. The van der Waals surface area contributed by atoms with E-state index in [9.17, 15) is 0 Å². The minimum absolute atomic E-state index is 0.618. The number of halogens is 2. The first-order valence-electron chi connectivity index (χ1n) is 6.90. The lowest BCUT2D eigenvalue weighted by atomic mass is 10.2. The van der Waals surface area contributed by atoms with Crippen molar-refractivity contribution in [2.45, 2.75) is 26.9 Å². The molecule has 0 atom stereocenters. The standard InChI is InChI=1S/C15H18BrClN4S/c1-4-21-9-11(10(2)19-21)8-20(3)15(22)18-14-6-5-12(16)7-13(14)17/h5-7,9H,4,8H2,1-3H3,(H,18,22). The summed E-state index contributed by atoms with van der Waals surface area (Å²) in [7, 11) is 1.95. The van der Waals surface area contributed by atoms with Gasteiger partial charge in [-0.2, -0.15) is 5.10 Å². The van der Waals surface area contributed by atoms with Crippen LogP contribution in [0.4, 0.5) is 5.69 Å². The number of nitrogens with one attached hydrogen (secondary N) is 1. The normalized spacial score (nSPS) is 10.6. The number of aromatic nitrogens is 2. The first-order chi connectivity index (χ1) is 10.4. The van der Waals surface area contributed by atoms with Crippen molar-refractivity contribution >= 4 is 50.5 Å². The van der Waals surface area contributed by atoms with Gasteiger partial charge in [-0.25, -0.2) is 0 Å². The van der Waals surface area contributed by atoms with Gasteiger partial charge in [0, 0.05) is 36.4 Å². The van der Waals surface area contributed by atoms with Gasteiger partial charge < -0.3 is 10.2 Å². The van der Waals surface area contributed by atoms with Crippen LogP contribution in [0, 0.1) is 6.92 Å². The summed E-state index contributed by atoms with van der Waals surface area (Å²) < 4.78 is 2.87. The molecular formula is C15H18BrClN4S. The third kappa shape index (κ3) is 4.21. The van der Waals surface area contributed by atoms with Gasteiger partial charge in [-0.15, -0.1) is 0 Å². The van der Waals surface area contributed by atoms with Crippen molar-refractivity contribution in [3.05, 3.63) is 45.1 Å². The molecule has 118 valence electrons. The molecule has 1 heterocycles. The number of aryl methyl sites for hydroxylation is 2. The second kappa shape index (κ2) is 7.44. The fourth-order valence-electron chi connectivity index (χ4n) is 2.01. The van der Waals surface area contributed by atoms with E-state index in [2.05, 4.69) is 39.5 Å². The number of hydrogen-bond donors (Lipinski definition) is 1. The Bertz CT molecular complexity index is 686. The summed E-state index contributed by atoms with van der Waals surface area (Å²) >= 11 is 15.0. The summed E-state index contributed by atoms with van der Waals surface area (Å²) in [6.45, 7) is 5.65. The SMILES string of the molecule is CCn1cc(CN(C)C(=S)Nc2ccc(Br)cc2Cl)c(C)n1. The maximum absolute atomic E-state index is 6.20. The molecule has 0 saturated heterocycles. The summed E-state index contributed by atoms with van der Waals surface area (Å²) in [5.74, 6) is 0. The van der Waals surface area contributed by atoms with Gasteiger partial charge in [-0.3, -0.25) is 4.68 Å². The number of rotatable bonds is 4. The summed E-state index contributed by atoms with van der Waals surface area (Å²) in [6, 6.07) is 5.65. The molecule has 2 rings (SSSR count). The molecular weight excluding hydrogens is 384 g/mol. The molecule has 0 unspecified atom stereocenters. The smallest absolute Gasteiger partial charge is 0.173 e. The number of hydrogen-bond acceptors (Lipinski definition) is 2. The number of thiocarbonyl (C=S) groups is 1. The molecule has 7 heteroatoms. The molecule has 0 saturated carbocycles. The first-order valence-corrected chi connectivity index (χ1v) is 8.48. The average Bonchev–Trinajstić information content (AvgIpc) is 2.82. The Labute approximate surface area is 149 Å². The third-order valence-corrected chi connectivity index (χ3v) is 4.52. The van der Waals surface area contributed by atoms with Crippen LogP contribution < -0.4 is 5.32 Å². The molecule has 1 aromatic carbocycles. The van der Waals surface area contributed by atoms with E-state index >= 15 is 0 Å². The van der Waals surface area contributed by atoms with Crippen LogP contribution in [0.1, 0.15) is 18.2 Å². The molecule has 0 aliphatic carbocycles. The van der Waals surface area contributed by atoms with Crippen molar-refractivity contribution in [1.82, 2.24) is 14.7 Å². The predicted molar refractivity (Wildman–Crippen MR) is 99.5 cm³/mol. The number of anilines is 1. The minimum Gasteiger partial charge on any atom is -0.348 e. The van der Waals surface area contributed by atoms with Crippen LogP contribution >= 0.6 is 39.7 Å². The highest BCUT2D eigenvalue weighted by Gasteiger charge is 2.11. The summed E-state index contributed by atoms with van der Waals surface area (Å²) in [6.07, 6.45) is 2.06. The second-order valence-electron chi connectivity index (χ2n) is 5.01.